The second kappa shape index (κ2) is 9.20. The summed E-state index contributed by atoms with van der Waals surface area (Å²) in [6.45, 7) is 1.79. The Labute approximate surface area is 155 Å². The summed E-state index contributed by atoms with van der Waals surface area (Å²) in [6.07, 6.45) is 0. The molecule has 1 N–H and O–H groups in total. The molecule has 128 valence electrons. The molecule has 2 aromatic carbocycles. The van der Waals surface area contributed by atoms with Crippen molar-refractivity contribution in [2.24, 2.45) is 0 Å². The lowest BCUT2D eigenvalue weighted by molar-refractivity contribution is -0.146. The molecule has 0 aliphatic rings. The number of para-hydroxylation sites is 1. The standard InChI is InChI=1S/C17H19INO4P/c1-14(17(20)22-12-15-8-4-2-5-9-15)19-24(21,13-18)23-16-10-6-3-7-11-16/h2-11,14H,12-13H2,1H3,(H,19,21)/t14-,24?/m0/s1. The first-order valence-electron chi connectivity index (χ1n) is 7.40. The summed E-state index contributed by atoms with van der Waals surface area (Å²) in [5.74, 6) is 0.0236. The van der Waals surface area contributed by atoms with E-state index in [0.29, 0.717) is 5.75 Å². The number of ether oxygens (including phenoxy) is 1. The minimum absolute atomic E-state index is 0.180. The van der Waals surface area contributed by atoms with Crippen molar-refractivity contribution < 1.29 is 18.6 Å². The van der Waals surface area contributed by atoms with E-state index in [1.54, 1.807) is 31.2 Å². The Morgan fingerprint density at radius 2 is 1.71 bits per heavy atom. The number of hydrogen-bond donors (Lipinski definition) is 1. The molecule has 0 aromatic heterocycles. The predicted octanol–water partition coefficient (Wildman–Crippen LogP) is 4.37. The number of esters is 1. The van der Waals surface area contributed by atoms with Crippen LogP contribution in [0, 0.1) is 0 Å². The van der Waals surface area contributed by atoms with Crippen LogP contribution in [0.4, 0.5) is 0 Å². The van der Waals surface area contributed by atoms with Crippen molar-refractivity contribution in [3.05, 3.63) is 66.2 Å². The predicted molar refractivity (Wildman–Crippen MR) is 102 cm³/mol. The molecular weight excluding hydrogens is 440 g/mol. The number of rotatable bonds is 8. The minimum atomic E-state index is -3.19. The number of carbonyl (C=O) groups excluding carboxylic acids is 1. The van der Waals surface area contributed by atoms with Gasteiger partial charge in [-0.3, -0.25) is 9.36 Å². The van der Waals surface area contributed by atoms with Crippen LogP contribution in [0.3, 0.4) is 0 Å². The van der Waals surface area contributed by atoms with Crippen molar-refractivity contribution in [3.8, 4) is 5.75 Å². The molecule has 0 bridgehead atoms. The van der Waals surface area contributed by atoms with Gasteiger partial charge in [0.05, 0.1) is 0 Å². The summed E-state index contributed by atoms with van der Waals surface area (Å²) >= 11 is 1.98. The van der Waals surface area contributed by atoms with Crippen molar-refractivity contribution in [2.45, 2.75) is 19.6 Å². The van der Waals surface area contributed by atoms with E-state index in [2.05, 4.69) is 5.09 Å². The average molecular weight is 459 g/mol. The molecule has 0 spiro atoms. The van der Waals surface area contributed by atoms with Crippen molar-refractivity contribution in [2.75, 3.05) is 4.17 Å². The molecule has 0 heterocycles. The minimum Gasteiger partial charge on any atom is -0.460 e. The van der Waals surface area contributed by atoms with E-state index in [-0.39, 0.29) is 10.8 Å². The smallest absolute Gasteiger partial charge is 0.326 e. The number of carbonyl (C=O) groups is 1. The molecule has 0 amide bonds. The van der Waals surface area contributed by atoms with Crippen molar-refractivity contribution in [1.82, 2.24) is 5.09 Å². The fourth-order valence-corrected chi connectivity index (χ4v) is 4.28. The molecular formula is C17H19INO4P. The Bertz CT molecular complexity index is 696. The van der Waals surface area contributed by atoms with Crippen molar-refractivity contribution in [3.63, 3.8) is 0 Å². The first kappa shape index (κ1) is 19.0. The topological polar surface area (TPSA) is 64.6 Å². The number of nitrogens with one attached hydrogen (secondary N) is 1. The third kappa shape index (κ3) is 5.92. The molecule has 2 rings (SSSR count). The number of benzene rings is 2. The Hall–Kier alpha value is -1.37. The summed E-state index contributed by atoms with van der Waals surface area (Å²) in [5, 5.41) is 2.78. The molecule has 7 heteroatoms. The Morgan fingerprint density at radius 3 is 2.29 bits per heavy atom. The van der Waals surface area contributed by atoms with Crippen molar-refractivity contribution in [1.29, 1.82) is 0 Å². The molecule has 24 heavy (non-hydrogen) atoms. The van der Waals surface area contributed by atoms with Gasteiger partial charge in [-0.1, -0.05) is 71.1 Å². The molecule has 0 aliphatic carbocycles. The number of alkyl halides is 1. The summed E-state index contributed by atoms with van der Waals surface area (Å²) in [4.78, 5) is 12.1. The quantitative estimate of drug-likeness (QED) is 0.275. The third-order valence-corrected chi connectivity index (χ3v) is 7.42. The molecule has 0 saturated carbocycles. The van der Waals surface area contributed by atoms with Crippen LogP contribution >= 0.6 is 30.1 Å². The second-order valence-corrected chi connectivity index (χ2v) is 9.21. The van der Waals surface area contributed by atoms with Gasteiger partial charge in [0.25, 0.3) is 0 Å². The van der Waals surface area contributed by atoms with Gasteiger partial charge in [-0.15, -0.1) is 0 Å². The number of halogens is 1. The van der Waals surface area contributed by atoms with Gasteiger partial charge in [0.2, 0.25) is 0 Å². The molecule has 0 fully saturated rings. The molecule has 1 unspecified atom stereocenters. The summed E-state index contributed by atoms with van der Waals surface area (Å²) < 4.78 is 23.8. The maximum atomic E-state index is 12.8. The molecule has 2 atom stereocenters. The van der Waals surface area contributed by atoms with Gasteiger partial charge < -0.3 is 9.26 Å². The van der Waals surface area contributed by atoms with Crippen LogP contribution < -0.4 is 9.61 Å². The van der Waals surface area contributed by atoms with E-state index in [0.717, 1.165) is 5.56 Å². The molecule has 0 aliphatic heterocycles. The van der Waals surface area contributed by atoms with E-state index in [1.165, 1.54) is 0 Å². The highest BCUT2D eigenvalue weighted by molar-refractivity contribution is 14.1. The van der Waals surface area contributed by atoms with Gasteiger partial charge in [-0.2, -0.15) is 0 Å². The van der Waals surface area contributed by atoms with Gasteiger partial charge in [-0.05, 0) is 24.6 Å². The third-order valence-electron chi connectivity index (χ3n) is 3.12. The Kier molecular flexibility index (Phi) is 7.27. The van der Waals surface area contributed by atoms with Crippen LogP contribution in [0.1, 0.15) is 12.5 Å². The van der Waals surface area contributed by atoms with Crippen molar-refractivity contribution >= 4 is 36.1 Å². The molecule has 2 aromatic rings. The van der Waals surface area contributed by atoms with Crippen LogP contribution in [0.15, 0.2) is 60.7 Å². The van der Waals surface area contributed by atoms with E-state index in [9.17, 15) is 9.36 Å². The van der Waals surface area contributed by atoms with Crippen LogP contribution in [0.2, 0.25) is 0 Å². The molecule has 5 nitrogen and oxygen atoms in total. The van der Waals surface area contributed by atoms with Crippen LogP contribution in [-0.4, -0.2) is 16.2 Å². The maximum Gasteiger partial charge on any atom is 0.326 e. The maximum absolute atomic E-state index is 12.8. The van der Waals surface area contributed by atoms with E-state index < -0.39 is 19.5 Å². The zero-order valence-electron chi connectivity index (χ0n) is 13.2. The zero-order chi connectivity index (χ0) is 17.4. The van der Waals surface area contributed by atoms with E-state index >= 15 is 0 Å². The Balaban J connectivity index is 1.91. The Morgan fingerprint density at radius 1 is 1.12 bits per heavy atom. The lowest BCUT2D eigenvalue weighted by atomic mass is 10.2. The molecule has 0 saturated heterocycles. The fourth-order valence-electron chi connectivity index (χ4n) is 1.94. The highest BCUT2D eigenvalue weighted by atomic mass is 127. The SMILES string of the molecule is C[C@H](NP(=O)(CI)Oc1ccccc1)C(=O)OCc1ccccc1. The normalized spacial score (nSPS) is 14.4. The second-order valence-electron chi connectivity index (χ2n) is 5.14. The van der Waals surface area contributed by atoms with Crippen LogP contribution in [0.25, 0.3) is 0 Å². The summed E-state index contributed by atoms with van der Waals surface area (Å²) in [5.41, 5.74) is 0.899. The lowest BCUT2D eigenvalue weighted by Gasteiger charge is -2.22. The largest absolute Gasteiger partial charge is 0.460 e. The van der Waals surface area contributed by atoms with E-state index in [1.807, 2.05) is 59.0 Å². The summed E-state index contributed by atoms with van der Waals surface area (Å²) in [6, 6.07) is 17.5. The fraction of sp³-hybridized carbons (Fsp3) is 0.235. The van der Waals surface area contributed by atoms with Gasteiger partial charge in [0, 0.05) is 0 Å². The summed E-state index contributed by atoms with van der Waals surface area (Å²) in [7, 11) is -3.19. The average Bonchev–Trinajstić information content (AvgIpc) is 2.61. The first-order valence-corrected chi connectivity index (χ1v) is 10.7. The van der Waals surface area contributed by atoms with Gasteiger partial charge in [-0.25, -0.2) is 5.09 Å². The van der Waals surface area contributed by atoms with Gasteiger partial charge >= 0.3 is 13.5 Å². The number of hydrogen-bond acceptors (Lipinski definition) is 4. The van der Waals surface area contributed by atoms with E-state index in [4.69, 9.17) is 9.26 Å². The van der Waals surface area contributed by atoms with Crippen LogP contribution in [0.5, 0.6) is 5.75 Å². The highest BCUT2D eigenvalue weighted by Gasteiger charge is 2.29. The zero-order valence-corrected chi connectivity index (χ0v) is 16.3. The molecule has 0 radical (unpaired) electrons. The highest BCUT2D eigenvalue weighted by Crippen LogP contribution is 2.45. The van der Waals surface area contributed by atoms with Gasteiger partial charge in [0.1, 0.15) is 22.6 Å². The first-order chi connectivity index (χ1) is 11.5. The van der Waals surface area contributed by atoms with Crippen LogP contribution in [-0.2, 0) is 20.7 Å². The monoisotopic (exact) mass is 459 g/mol. The lowest BCUT2D eigenvalue weighted by Crippen LogP contribution is -2.34. The van der Waals surface area contributed by atoms with Gasteiger partial charge in [0.15, 0.2) is 0 Å².